The highest BCUT2D eigenvalue weighted by Gasteiger charge is 2.14. The summed E-state index contributed by atoms with van der Waals surface area (Å²) in [5, 5.41) is 15.3. The Morgan fingerprint density at radius 1 is 1.75 bits per heavy atom. The van der Waals surface area contributed by atoms with Gasteiger partial charge in [-0.1, -0.05) is 0 Å². The second kappa shape index (κ2) is 2.37. The average Bonchev–Trinajstić information content (AvgIpc) is 2.49. The van der Waals surface area contributed by atoms with E-state index in [9.17, 15) is 4.79 Å². The van der Waals surface area contributed by atoms with Crippen LogP contribution in [0.3, 0.4) is 0 Å². The Labute approximate surface area is 68.3 Å². The number of rotatable bonds is 1. The molecule has 0 aliphatic carbocycles. The van der Waals surface area contributed by atoms with E-state index in [-0.39, 0.29) is 5.70 Å². The van der Waals surface area contributed by atoms with E-state index in [2.05, 4.69) is 10.4 Å². The summed E-state index contributed by atoms with van der Waals surface area (Å²) in [7, 11) is 0. The number of fused-ring (bicyclic) bond motifs is 1. The molecular weight excluding hydrogens is 158 g/mol. The van der Waals surface area contributed by atoms with Crippen LogP contribution in [0.5, 0.6) is 0 Å². The number of nitrogens with zero attached hydrogens (tertiary/aromatic N) is 2. The first-order valence-electron chi connectivity index (χ1n) is 3.49. The summed E-state index contributed by atoms with van der Waals surface area (Å²) in [5.74, 6) is -0.225. The molecule has 1 aliphatic rings. The van der Waals surface area contributed by atoms with Crippen molar-refractivity contribution in [2.24, 2.45) is 0 Å². The molecule has 2 N–H and O–H groups in total. The normalized spacial score (nSPS) is 14.5. The first-order chi connectivity index (χ1) is 5.77. The van der Waals surface area contributed by atoms with E-state index >= 15 is 0 Å². The minimum Gasteiger partial charge on any atom is -0.477 e. The number of hydrogen-bond acceptors (Lipinski definition) is 3. The minimum atomic E-state index is -0.942. The maximum atomic E-state index is 10.5. The molecule has 0 aromatic carbocycles. The van der Waals surface area contributed by atoms with Gasteiger partial charge in [0.25, 0.3) is 0 Å². The van der Waals surface area contributed by atoms with Crippen LogP contribution in [0.1, 0.15) is 0 Å². The number of allylic oxidation sites excluding steroid dienone is 1. The lowest BCUT2D eigenvalue weighted by Gasteiger charge is -2.13. The summed E-state index contributed by atoms with van der Waals surface area (Å²) in [6, 6.07) is 1.73. The van der Waals surface area contributed by atoms with Crippen LogP contribution in [0.2, 0.25) is 0 Å². The Morgan fingerprint density at radius 3 is 3.33 bits per heavy atom. The maximum Gasteiger partial charge on any atom is 0.352 e. The molecule has 62 valence electrons. The molecule has 1 aromatic heterocycles. The second-order valence-electron chi connectivity index (χ2n) is 2.45. The molecule has 0 saturated carbocycles. The van der Waals surface area contributed by atoms with Crippen LogP contribution in [0.15, 0.2) is 24.0 Å². The van der Waals surface area contributed by atoms with Crippen LogP contribution >= 0.6 is 0 Å². The highest BCUT2D eigenvalue weighted by Crippen LogP contribution is 2.14. The first-order valence-corrected chi connectivity index (χ1v) is 3.49. The van der Waals surface area contributed by atoms with Crippen molar-refractivity contribution in [2.75, 3.05) is 5.32 Å². The molecule has 0 amide bonds. The van der Waals surface area contributed by atoms with Crippen molar-refractivity contribution >= 4 is 11.8 Å². The zero-order valence-corrected chi connectivity index (χ0v) is 6.19. The third-order valence-corrected chi connectivity index (χ3v) is 1.68. The standard InChI is InChI=1S/C7H7N3O2/c11-7(12)5-2-4-10-6(9-5)1-3-8-10/h1-3,9H,4H2,(H,11,12). The third kappa shape index (κ3) is 0.952. The molecular formula is C7H7N3O2. The van der Waals surface area contributed by atoms with Crippen molar-refractivity contribution in [1.29, 1.82) is 0 Å². The Balaban J connectivity index is 2.29. The summed E-state index contributed by atoms with van der Waals surface area (Å²) < 4.78 is 1.69. The van der Waals surface area contributed by atoms with Crippen LogP contribution in [-0.4, -0.2) is 20.9 Å². The molecule has 0 unspecified atom stereocenters. The maximum absolute atomic E-state index is 10.5. The Morgan fingerprint density at radius 2 is 2.58 bits per heavy atom. The van der Waals surface area contributed by atoms with E-state index in [0.717, 1.165) is 5.82 Å². The molecule has 0 radical (unpaired) electrons. The fourth-order valence-electron chi connectivity index (χ4n) is 1.09. The van der Waals surface area contributed by atoms with Crippen molar-refractivity contribution in [3.05, 3.63) is 24.0 Å². The van der Waals surface area contributed by atoms with Gasteiger partial charge in [0.2, 0.25) is 0 Å². The van der Waals surface area contributed by atoms with Crippen LogP contribution in [0, 0.1) is 0 Å². The number of nitrogens with one attached hydrogen (secondary N) is 1. The lowest BCUT2D eigenvalue weighted by Crippen LogP contribution is -2.18. The number of aliphatic carboxylic acids is 1. The summed E-state index contributed by atoms with van der Waals surface area (Å²) in [6.45, 7) is 0.511. The lowest BCUT2D eigenvalue weighted by atomic mass is 10.3. The molecule has 5 nitrogen and oxygen atoms in total. The van der Waals surface area contributed by atoms with E-state index in [4.69, 9.17) is 5.11 Å². The summed E-state index contributed by atoms with van der Waals surface area (Å²) in [5.41, 5.74) is 0.211. The third-order valence-electron chi connectivity index (χ3n) is 1.68. The highest BCUT2D eigenvalue weighted by atomic mass is 16.4. The Kier molecular flexibility index (Phi) is 1.36. The van der Waals surface area contributed by atoms with Gasteiger partial charge in [0.15, 0.2) is 0 Å². The number of carboxylic acids is 1. The summed E-state index contributed by atoms with van der Waals surface area (Å²) >= 11 is 0. The Bertz CT molecular complexity index is 353. The van der Waals surface area contributed by atoms with E-state index in [1.54, 1.807) is 23.0 Å². The van der Waals surface area contributed by atoms with Gasteiger partial charge in [-0.3, -0.25) is 0 Å². The number of anilines is 1. The molecule has 5 heteroatoms. The predicted molar refractivity (Wildman–Crippen MR) is 41.6 cm³/mol. The van der Waals surface area contributed by atoms with E-state index < -0.39 is 5.97 Å². The van der Waals surface area contributed by atoms with Gasteiger partial charge < -0.3 is 10.4 Å². The smallest absolute Gasteiger partial charge is 0.352 e. The van der Waals surface area contributed by atoms with Gasteiger partial charge in [0.05, 0.1) is 12.7 Å². The van der Waals surface area contributed by atoms with Gasteiger partial charge in [0.1, 0.15) is 11.5 Å². The lowest BCUT2D eigenvalue weighted by molar-refractivity contribution is -0.132. The number of carbonyl (C=O) groups is 1. The molecule has 0 spiro atoms. The zero-order chi connectivity index (χ0) is 8.55. The van der Waals surface area contributed by atoms with E-state index in [1.807, 2.05) is 0 Å². The summed E-state index contributed by atoms with van der Waals surface area (Å²) in [4.78, 5) is 10.5. The summed E-state index contributed by atoms with van der Waals surface area (Å²) in [6.07, 6.45) is 3.21. The largest absolute Gasteiger partial charge is 0.477 e. The topological polar surface area (TPSA) is 67.1 Å². The fourth-order valence-corrected chi connectivity index (χ4v) is 1.09. The van der Waals surface area contributed by atoms with Crippen molar-refractivity contribution in [1.82, 2.24) is 9.78 Å². The minimum absolute atomic E-state index is 0.211. The van der Waals surface area contributed by atoms with Crippen molar-refractivity contribution in [3.63, 3.8) is 0 Å². The number of hydrogen-bond donors (Lipinski definition) is 2. The first kappa shape index (κ1) is 6.90. The van der Waals surface area contributed by atoms with Crippen molar-refractivity contribution in [3.8, 4) is 0 Å². The van der Waals surface area contributed by atoms with Gasteiger partial charge >= 0.3 is 5.97 Å². The SMILES string of the molecule is O=C(O)C1=CCn2nccc2N1. The molecule has 1 aliphatic heterocycles. The van der Waals surface area contributed by atoms with Crippen LogP contribution in [-0.2, 0) is 11.3 Å². The molecule has 1 aromatic rings. The monoisotopic (exact) mass is 165 g/mol. The van der Waals surface area contributed by atoms with Gasteiger partial charge in [-0.2, -0.15) is 5.10 Å². The molecule has 0 bridgehead atoms. The fraction of sp³-hybridized carbons (Fsp3) is 0.143. The molecule has 0 saturated heterocycles. The number of carboxylic acid groups (broad SMARTS) is 1. The van der Waals surface area contributed by atoms with Gasteiger partial charge in [-0.05, 0) is 6.08 Å². The highest BCUT2D eigenvalue weighted by molar-refractivity contribution is 5.90. The zero-order valence-electron chi connectivity index (χ0n) is 6.19. The van der Waals surface area contributed by atoms with Crippen LogP contribution in [0.25, 0.3) is 0 Å². The van der Waals surface area contributed by atoms with Gasteiger partial charge in [-0.25, -0.2) is 9.48 Å². The number of aromatic nitrogens is 2. The molecule has 12 heavy (non-hydrogen) atoms. The van der Waals surface area contributed by atoms with Gasteiger partial charge in [0, 0.05) is 6.07 Å². The van der Waals surface area contributed by atoms with Crippen LogP contribution < -0.4 is 5.32 Å². The van der Waals surface area contributed by atoms with E-state index in [0.29, 0.717) is 6.54 Å². The Hall–Kier alpha value is -1.78. The molecule has 2 heterocycles. The predicted octanol–water partition coefficient (Wildman–Crippen LogP) is 0.277. The average molecular weight is 165 g/mol. The molecule has 0 fully saturated rings. The molecule has 0 atom stereocenters. The van der Waals surface area contributed by atoms with Crippen LogP contribution in [0.4, 0.5) is 5.82 Å². The van der Waals surface area contributed by atoms with E-state index in [1.165, 1.54) is 0 Å². The van der Waals surface area contributed by atoms with Crippen molar-refractivity contribution < 1.29 is 9.90 Å². The second-order valence-corrected chi connectivity index (χ2v) is 2.45. The van der Waals surface area contributed by atoms with Crippen molar-refractivity contribution in [2.45, 2.75) is 6.54 Å². The van der Waals surface area contributed by atoms with Gasteiger partial charge in [-0.15, -0.1) is 0 Å². The molecule has 2 rings (SSSR count). The quantitative estimate of drug-likeness (QED) is 0.627.